The molecule has 0 aromatic carbocycles. The van der Waals surface area contributed by atoms with Gasteiger partial charge in [0.15, 0.2) is 0 Å². The van der Waals surface area contributed by atoms with Crippen molar-refractivity contribution in [1.82, 2.24) is 19.6 Å². The molecule has 0 radical (unpaired) electrons. The Hall–Kier alpha value is -1.75. The van der Waals surface area contributed by atoms with Crippen molar-refractivity contribution in [2.75, 3.05) is 78.5 Å². The Labute approximate surface area is 229 Å². The zero-order chi connectivity index (χ0) is 28.0. The van der Waals surface area contributed by atoms with E-state index in [0.717, 1.165) is 13.0 Å². The molecule has 0 spiro atoms. The first kappa shape index (κ1) is 34.3. The van der Waals surface area contributed by atoms with E-state index < -0.39 is 17.9 Å². The molecule has 38 heavy (non-hydrogen) atoms. The van der Waals surface area contributed by atoms with Gasteiger partial charge in [0, 0.05) is 52.4 Å². The second kappa shape index (κ2) is 22.1. The first-order chi connectivity index (χ1) is 18.3. The van der Waals surface area contributed by atoms with E-state index in [0.29, 0.717) is 52.4 Å². The highest BCUT2D eigenvalue weighted by molar-refractivity contribution is 5.69. The van der Waals surface area contributed by atoms with Crippen molar-refractivity contribution >= 4 is 17.9 Å². The zero-order valence-electron chi connectivity index (χ0n) is 23.8. The van der Waals surface area contributed by atoms with Gasteiger partial charge in [0.25, 0.3) is 0 Å². The Morgan fingerprint density at radius 1 is 0.447 bits per heavy atom. The second-order valence-electron chi connectivity index (χ2n) is 10.7. The summed E-state index contributed by atoms with van der Waals surface area (Å²) in [7, 11) is 0. The molecule has 10 nitrogen and oxygen atoms in total. The highest BCUT2D eigenvalue weighted by Gasteiger charge is 2.19. The summed E-state index contributed by atoms with van der Waals surface area (Å²) in [5.41, 5.74) is 0. The maximum atomic E-state index is 11.4. The van der Waals surface area contributed by atoms with Gasteiger partial charge in [-0.15, -0.1) is 0 Å². The summed E-state index contributed by atoms with van der Waals surface area (Å²) in [6.45, 7) is 7.27. The normalized spacial score (nSPS) is 17.6. The fourth-order valence-electron chi connectivity index (χ4n) is 5.03. The molecular weight excluding hydrogens is 488 g/mol. The Balaban J connectivity index is 2.52. The van der Waals surface area contributed by atoms with Crippen LogP contribution in [0.1, 0.15) is 84.0 Å². The third-order valence-corrected chi connectivity index (χ3v) is 7.33. The average Bonchev–Trinajstić information content (AvgIpc) is 2.84. The molecule has 1 heterocycles. The monoisotopic (exact) mass is 542 g/mol. The molecule has 1 aliphatic rings. The predicted octanol–water partition coefficient (Wildman–Crippen LogP) is 3.16. The van der Waals surface area contributed by atoms with Crippen LogP contribution in [0.2, 0.25) is 0 Å². The van der Waals surface area contributed by atoms with Gasteiger partial charge in [0.2, 0.25) is 0 Å². The van der Waals surface area contributed by atoms with Crippen LogP contribution in [0.4, 0.5) is 0 Å². The molecule has 0 aromatic rings. The number of carbonyl (C=O) groups is 3. The Morgan fingerprint density at radius 3 is 1.00 bits per heavy atom. The Morgan fingerprint density at radius 2 is 0.711 bits per heavy atom. The number of carboxylic acid groups (broad SMARTS) is 3. The van der Waals surface area contributed by atoms with E-state index in [2.05, 4.69) is 11.8 Å². The van der Waals surface area contributed by atoms with Gasteiger partial charge >= 0.3 is 17.9 Å². The molecule has 3 N–H and O–H groups in total. The van der Waals surface area contributed by atoms with E-state index in [9.17, 15) is 29.7 Å². The first-order valence-corrected chi connectivity index (χ1v) is 14.8. The Bertz CT molecular complexity index is 619. The van der Waals surface area contributed by atoms with E-state index in [1.807, 2.05) is 9.80 Å². The van der Waals surface area contributed by atoms with Gasteiger partial charge in [-0.1, -0.05) is 77.6 Å². The number of nitrogens with zero attached hydrogens (tertiary/aromatic N) is 4. The van der Waals surface area contributed by atoms with Gasteiger partial charge in [-0.25, -0.2) is 0 Å². The molecule has 1 rings (SSSR count). The number of hydrogen-bond donors (Lipinski definition) is 3. The van der Waals surface area contributed by atoms with E-state index in [-0.39, 0.29) is 19.6 Å². The molecule has 0 amide bonds. The summed E-state index contributed by atoms with van der Waals surface area (Å²) < 4.78 is 0. The van der Waals surface area contributed by atoms with Gasteiger partial charge < -0.3 is 20.2 Å². The largest absolute Gasteiger partial charge is 0.480 e. The molecule has 0 atom stereocenters. The molecule has 1 saturated heterocycles. The molecule has 0 bridgehead atoms. The summed E-state index contributed by atoms with van der Waals surface area (Å²) >= 11 is 0. The third kappa shape index (κ3) is 19.3. The highest BCUT2D eigenvalue weighted by Crippen LogP contribution is 2.12. The lowest BCUT2D eigenvalue weighted by Crippen LogP contribution is -2.48. The zero-order valence-corrected chi connectivity index (χ0v) is 23.8. The second-order valence-corrected chi connectivity index (χ2v) is 10.7. The van der Waals surface area contributed by atoms with Crippen LogP contribution in [0.15, 0.2) is 0 Å². The van der Waals surface area contributed by atoms with Crippen molar-refractivity contribution in [3.05, 3.63) is 0 Å². The first-order valence-electron chi connectivity index (χ1n) is 14.8. The summed E-state index contributed by atoms with van der Waals surface area (Å²) in [6.07, 6.45) is 15.5. The van der Waals surface area contributed by atoms with Gasteiger partial charge in [-0.05, 0) is 13.0 Å². The van der Waals surface area contributed by atoms with E-state index in [1.54, 1.807) is 4.90 Å². The minimum absolute atomic E-state index is 0.0709. The van der Waals surface area contributed by atoms with E-state index in [4.69, 9.17) is 0 Å². The van der Waals surface area contributed by atoms with Crippen molar-refractivity contribution in [3.8, 4) is 0 Å². The molecule has 10 heteroatoms. The predicted molar refractivity (Wildman–Crippen MR) is 150 cm³/mol. The van der Waals surface area contributed by atoms with Crippen LogP contribution in [0.3, 0.4) is 0 Å². The number of rotatable bonds is 19. The van der Waals surface area contributed by atoms with Crippen molar-refractivity contribution in [2.24, 2.45) is 0 Å². The van der Waals surface area contributed by atoms with Crippen molar-refractivity contribution in [3.63, 3.8) is 0 Å². The fraction of sp³-hybridized carbons (Fsp3) is 0.893. The quantitative estimate of drug-likeness (QED) is 0.210. The van der Waals surface area contributed by atoms with Gasteiger partial charge in [-0.3, -0.25) is 29.1 Å². The maximum absolute atomic E-state index is 11.4. The van der Waals surface area contributed by atoms with Crippen LogP contribution < -0.4 is 0 Å². The lowest BCUT2D eigenvalue weighted by molar-refractivity contribution is -0.140. The van der Waals surface area contributed by atoms with Crippen LogP contribution in [-0.2, 0) is 14.4 Å². The van der Waals surface area contributed by atoms with Crippen molar-refractivity contribution in [2.45, 2.75) is 84.0 Å². The average molecular weight is 543 g/mol. The summed E-state index contributed by atoms with van der Waals surface area (Å²) in [6, 6.07) is 0. The van der Waals surface area contributed by atoms with Crippen molar-refractivity contribution < 1.29 is 29.7 Å². The lowest BCUT2D eigenvalue weighted by atomic mass is 10.1. The SMILES string of the molecule is CCCCCCCCCCCCCCN1CCN(CC(=O)O)CCN(CC(=O)O)CCN(CC(=O)O)CC1. The topological polar surface area (TPSA) is 125 Å². The van der Waals surface area contributed by atoms with Crippen molar-refractivity contribution in [1.29, 1.82) is 0 Å². The molecule has 222 valence electrons. The molecule has 0 unspecified atom stereocenters. The molecule has 0 aliphatic carbocycles. The molecule has 1 aliphatic heterocycles. The van der Waals surface area contributed by atoms with Crippen LogP contribution >= 0.6 is 0 Å². The minimum Gasteiger partial charge on any atom is -0.480 e. The van der Waals surface area contributed by atoms with Gasteiger partial charge in [0.1, 0.15) is 0 Å². The van der Waals surface area contributed by atoms with E-state index in [1.165, 1.54) is 70.6 Å². The number of carboxylic acids is 3. The van der Waals surface area contributed by atoms with E-state index >= 15 is 0 Å². The molecular formula is C28H54N4O6. The van der Waals surface area contributed by atoms with Gasteiger partial charge in [-0.2, -0.15) is 0 Å². The number of hydrogen-bond acceptors (Lipinski definition) is 7. The fourth-order valence-corrected chi connectivity index (χ4v) is 5.03. The van der Waals surface area contributed by atoms with Crippen LogP contribution in [-0.4, -0.2) is 131 Å². The summed E-state index contributed by atoms with van der Waals surface area (Å²) in [5, 5.41) is 28.0. The molecule has 0 saturated carbocycles. The maximum Gasteiger partial charge on any atom is 0.317 e. The third-order valence-electron chi connectivity index (χ3n) is 7.33. The molecule has 0 aromatic heterocycles. The number of aliphatic carboxylic acids is 3. The van der Waals surface area contributed by atoms with Crippen LogP contribution in [0.25, 0.3) is 0 Å². The van der Waals surface area contributed by atoms with Crippen LogP contribution in [0.5, 0.6) is 0 Å². The smallest absolute Gasteiger partial charge is 0.317 e. The lowest BCUT2D eigenvalue weighted by Gasteiger charge is -2.33. The number of unbranched alkanes of at least 4 members (excludes halogenated alkanes) is 11. The highest BCUT2D eigenvalue weighted by atomic mass is 16.4. The summed E-state index contributed by atoms with van der Waals surface area (Å²) in [5.74, 6) is -2.72. The Kier molecular flexibility index (Phi) is 19.9. The standard InChI is InChI=1S/C28H54N4O6/c1-2-3-4-5-6-7-8-9-10-11-12-13-14-29-15-17-30(23-26(33)34)19-21-32(25-28(37)38)22-20-31(18-16-29)24-27(35)36/h2-25H2,1H3,(H,33,34)(H,35,36)(H,37,38). The molecule has 1 fully saturated rings. The summed E-state index contributed by atoms with van der Waals surface area (Å²) in [4.78, 5) is 41.9. The van der Waals surface area contributed by atoms with Crippen LogP contribution in [0, 0.1) is 0 Å². The van der Waals surface area contributed by atoms with Gasteiger partial charge in [0.05, 0.1) is 19.6 Å². The minimum atomic E-state index is -0.944.